The van der Waals surface area contributed by atoms with Gasteiger partial charge >= 0.3 is 0 Å². The summed E-state index contributed by atoms with van der Waals surface area (Å²) >= 11 is 0. The van der Waals surface area contributed by atoms with Crippen molar-refractivity contribution in [2.24, 2.45) is 14.1 Å². The Morgan fingerprint density at radius 1 is 0.814 bits per heavy atom. The molecule has 0 saturated heterocycles. The van der Waals surface area contributed by atoms with Gasteiger partial charge in [0.05, 0.1) is 23.4 Å². The zero-order valence-electron chi connectivity index (χ0n) is 33.8. The maximum absolute atomic E-state index is 15.7. The van der Waals surface area contributed by atoms with Crippen LogP contribution in [0.25, 0.3) is 11.3 Å². The molecule has 3 amide bonds. The molecular weight excluding hydrogens is 744 g/mol. The number of fused-ring (bicyclic) bond motifs is 2. The number of anilines is 2. The Hall–Kier alpha value is -6.93. The molecular formula is C48H45FN6O4. The number of nitriles is 1. The summed E-state index contributed by atoms with van der Waals surface area (Å²) in [5, 5.41) is 19.9. The number of amides is 3. The predicted octanol–water partition coefficient (Wildman–Crippen LogP) is 8.06. The van der Waals surface area contributed by atoms with Gasteiger partial charge in [0.25, 0.3) is 11.8 Å². The molecule has 0 fully saturated rings. The number of carbonyl (C=O) groups excluding carboxylic acids is 3. The Morgan fingerprint density at radius 3 is 2.25 bits per heavy atom. The second kappa shape index (κ2) is 15.4. The van der Waals surface area contributed by atoms with Crippen molar-refractivity contribution >= 4 is 29.1 Å². The second-order valence-corrected chi connectivity index (χ2v) is 15.7. The molecule has 0 aliphatic carbocycles. The Kier molecular flexibility index (Phi) is 10.2. The van der Waals surface area contributed by atoms with Crippen molar-refractivity contribution in [1.29, 1.82) is 5.26 Å². The first kappa shape index (κ1) is 38.9. The molecule has 2 aromatic heterocycles. The Balaban J connectivity index is 1.23. The van der Waals surface area contributed by atoms with Gasteiger partial charge in [-0.1, -0.05) is 54.6 Å². The molecule has 0 bridgehead atoms. The highest BCUT2D eigenvalue weighted by Crippen LogP contribution is 2.39. The van der Waals surface area contributed by atoms with Crippen LogP contribution in [0.2, 0.25) is 0 Å². The van der Waals surface area contributed by atoms with Gasteiger partial charge in [0.1, 0.15) is 17.5 Å². The minimum atomic E-state index is -0.815. The van der Waals surface area contributed by atoms with Gasteiger partial charge in [0.15, 0.2) is 5.82 Å². The number of nitrogens with zero attached hydrogens (tertiary/aromatic N) is 6. The number of phenols is 1. The van der Waals surface area contributed by atoms with E-state index in [-0.39, 0.29) is 47.0 Å². The molecule has 4 aromatic carbocycles. The minimum Gasteiger partial charge on any atom is -0.508 e. The van der Waals surface area contributed by atoms with E-state index in [2.05, 4.69) is 25.1 Å². The lowest BCUT2D eigenvalue weighted by Gasteiger charge is -2.36. The molecule has 6 aromatic rings. The first-order valence-electron chi connectivity index (χ1n) is 19.8. The summed E-state index contributed by atoms with van der Waals surface area (Å²) in [6.07, 6.45) is 1.58. The Labute approximate surface area is 342 Å². The van der Waals surface area contributed by atoms with E-state index in [1.54, 1.807) is 37.6 Å². The molecule has 10 nitrogen and oxygen atoms in total. The number of carbonyl (C=O) groups is 3. The molecule has 0 spiro atoms. The number of halogens is 1. The fraction of sp³-hybridized carbons (Fsp3) is 0.250. The van der Waals surface area contributed by atoms with Crippen LogP contribution in [0.4, 0.5) is 15.8 Å². The number of benzene rings is 4. The van der Waals surface area contributed by atoms with Gasteiger partial charge in [-0.3, -0.25) is 19.3 Å². The summed E-state index contributed by atoms with van der Waals surface area (Å²) < 4.78 is 19.2. The number of hydrogen-bond acceptors (Lipinski definition) is 5. The maximum atomic E-state index is 15.7. The molecule has 0 unspecified atom stereocenters. The maximum Gasteiger partial charge on any atom is 0.264 e. The summed E-state index contributed by atoms with van der Waals surface area (Å²) in [4.78, 5) is 48.5. The van der Waals surface area contributed by atoms with Crippen LogP contribution < -0.4 is 4.90 Å². The van der Waals surface area contributed by atoms with Crippen LogP contribution in [0, 0.1) is 31.0 Å². The number of phenolic OH excluding ortho intramolecular Hbond substituents is 1. The average molecular weight is 789 g/mol. The van der Waals surface area contributed by atoms with Crippen molar-refractivity contribution < 1.29 is 23.9 Å². The Morgan fingerprint density at radius 2 is 1.54 bits per heavy atom. The van der Waals surface area contributed by atoms with Crippen LogP contribution >= 0.6 is 0 Å². The van der Waals surface area contributed by atoms with E-state index in [1.807, 2.05) is 76.0 Å². The molecule has 1 N–H and O–H groups in total. The van der Waals surface area contributed by atoms with Crippen LogP contribution in [0.15, 0.2) is 97.1 Å². The highest BCUT2D eigenvalue weighted by atomic mass is 19.1. The molecule has 2 aliphatic heterocycles. The fourth-order valence-corrected chi connectivity index (χ4v) is 8.54. The zero-order valence-corrected chi connectivity index (χ0v) is 33.8. The first-order chi connectivity index (χ1) is 28.3. The van der Waals surface area contributed by atoms with Gasteiger partial charge in [-0.05, 0) is 97.8 Å². The van der Waals surface area contributed by atoms with Crippen molar-refractivity contribution in [3.05, 3.63) is 159 Å². The van der Waals surface area contributed by atoms with Gasteiger partial charge in [-0.2, -0.15) is 5.26 Å². The van der Waals surface area contributed by atoms with E-state index < -0.39 is 11.7 Å². The second-order valence-electron chi connectivity index (χ2n) is 15.7. The smallest absolute Gasteiger partial charge is 0.264 e. The molecule has 4 heterocycles. The number of hydrogen-bond donors (Lipinski definition) is 1. The lowest BCUT2D eigenvalue weighted by molar-refractivity contribution is -0.131. The summed E-state index contributed by atoms with van der Waals surface area (Å²) in [5.74, 6) is -1.79. The van der Waals surface area contributed by atoms with Crippen LogP contribution in [-0.2, 0) is 51.2 Å². The van der Waals surface area contributed by atoms with Crippen LogP contribution in [-0.4, -0.2) is 54.3 Å². The predicted molar refractivity (Wildman–Crippen MR) is 224 cm³/mol. The molecule has 298 valence electrons. The first-order valence-corrected chi connectivity index (χ1v) is 19.8. The van der Waals surface area contributed by atoms with Crippen molar-refractivity contribution in [1.82, 2.24) is 18.9 Å². The number of aromatic hydroxyl groups is 1. The molecule has 11 heteroatoms. The standard InChI is InChI=1S/C48H45FN6O4/c1-29-19-33-13-9-10-14-35(33)28-54(29)47(58)41-22-36-27-53(46(57)20-32-11-7-6-8-12-32)18-17-34(36)21-40(41)45-25-39(30(2)52(45)5)48(59)55(43-16-15-38(56)24-42(43)49)44-23-37(26-50)51(4)31(44)3/h6-16,21-25,29,56H,17-20,27-28H2,1-5H3/t29-/m1/s1. The van der Waals surface area contributed by atoms with E-state index in [0.717, 1.165) is 28.3 Å². The molecule has 8 rings (SSSR count). The van der Waals surface area contributed by atoms with E-state index in [4.69, 9.17) is 0 Å². The minimum absolute atomic E-state index is 0.0199. The van der Waals surface area contributed by atoms with E-state index >= 15 is 9.18 Å². The monoisotopic (exact) mass is 788 g/mol. The van der Waals surface area contributed by atoms with Gasteiger partial charge in [-0.25, -0.2) is 4.39 Å². The highest BCUT2D eigenvalue weighted by Gasteiger charge is 2.34. The lowest BCUT2D eigenvalue weighted by atomic mass is 9.89. The van der Waals surface area contributed by atoms with Gasteiger partial charge < -0.3 is 24.0 Å². The van der Waals surface area contributed by atoms with Gasteiger partial charge in [0, 0.05) is 74.0 Å². The van der Waals surface area contributed by atoms with Crippen molar-refractivity contribution in [3.8, 4) is 23.1 Å². The highest BCUT2D eigenvalue weighted by molar-refractivity contribution is 6.13. The summed E-state index contributed by atoms with van der Waals surface area (Å²) in [5.41, 5.74) is 8.83. The molecule has 2 aliphatic rings. The third-order valence-corrected chi connectivity index (χ3v) is 12.2. The summed E-state index contributed by atoms with van der Waals surface area (Å²) in [7, 11) is 3.54. The van der Waals surface area contributed by atoms with E-state index in [1.165, 1.54) is 22.6 Å². The fourth-order valence-electron chi connectivity index (χ4n) is 8.54. The van der Waals surface area contributed by atoms with E-state index in [9.17, 15) is 20.0 Å². The zero-order chi connectivity index (χ0) is 41.7. The number of aromatic nitrogens is 2. The SMILES string of the molecule is Cc1c(N(C(=O)c2cc(-c3cc4c(cc3C(=O)N3Cc5ccccc5C[C@H]3C)CN(C(=O)Cc3ccccc3)CC4)n(C)c2C)c2ccc(O)cc2F)cc(C#N)n1C. The average Bonchev–Trinajstić information content (AvgIpc) is 3.69. The summed E-state index contributed by atoms with van der Waals surface area (Å²) in [6, 6.07) is 30.8. The van der Waals surface area contributed by atoms with Crippen molar-refractivity contribution in [2.45, 2.75) is 59.2 Å². The van der Waals surface area contributed by atoms with Gasteiger partial charge in [-0.15, -0.1) is 0 Å². The number of rotatable bonds is 7. The Bertz CT molecular complexity index is 2710. The molecule has 0 saturated carbocycles. The van der Waals surface area contributed by atoms with Crippen LogP contribution in [0.1, 0.15) is 72.5 Å². The topological polar surface area (TPSA) is 115 Å². The van der Waals surface area contributed by atoms with Crippen molar-refractivity contribution in [3.63, 3.8) is 0 Å². The molecule has 59 heavy (non-hydrogen) atoms. The lowest BCUT2D eigenvalue weighted by Crippen LogP contribution is -2.43. The third kappa shape index (κ3) is 7.05. The molecule has 1 atom stereocenters. The third-order valence-electron chi connectivity index (χ3n) is 12.2. The quantitative estimate of drug-likeness (QED) is 0.176. The van der Waals surface area contributed by atoms with Crippen LogP contribution in [0.3, 0.4) is 0 Å². The summed E-state index contributed by atoms with van der Waals surface area (Å²) in [6.45, 7) is 6.94. The molecule has 0 radical (unpaired) electrons. The van der Waals surface area contributed by atoms with Crippen LogP contribution in [0.5, 0.6) is 5.75 Å². The van der Waals surface area contributed by atoms with Crippen molar-refractivity contribution in [2.75, 3.05) is 11.4 Å². The normalized spacial score (nSPS) is 14.7. The van der Waals surface area contributed by atoms with E-state index in [0.29, 0.717) is 66.4 Å². The largest absolute Gasteiger partial charge is 0.508 e. The van der Waals surface area contributed by atoms with Gasteiger partial charge in [0.2, 0.25) is 5.91 Å².